The molecule has 0 aliphatic rings. The van der Waals surface area contributed by atoms with Crippen LogP contribution in [0.2, 0.25) is 0 Å². The van der Waals surface area contributed by atoms with Gasteiger partial charge in [0.15, 0.2) is 11.5 Å². The van der Waals surface area contributed by atoms with Crippen molar-refractivity contribution in [1.82, 2.24) is 24.5 Å². The lowest BCUT2D eigenvalue weighted by atomic mass is 10.2. The van der Waals surface area contributed by atoms with E-state index in [4.69, 9.17) is 14.2 Å². The van der Waals surface area contributed by atoms with Gasteiger partial charge in [-0.1, -0.05) is 17.7 Å². The highest BCUT2D eigenvalue weighted by atomic mass is 32.2. The first-order valence-electron chi connectivity index (χ1n) is 10.1. The number of rotatable bonds is 9. The molecule has 0 fully saturated rings. The second-order valence-electron chi connectivity index (χ2n) is 7.09. The molecule has 2 aromatic carbocycles. The van der Waals surface area contributed by atoms with Crippen molar-refractivity contribution in [2.75, 3.05) is 27.4 Å². The molecule has 4 aromatic rings. The van der Waals surface area contributed by atoms with E-state index < -0.39 is 10.0 Å². The number of nitrogens with zero attached hydrogens (tertiary/aromatic N) is 4. The van der Waals surface area contributed by atoms with Crippen LogP contribution in [-0.2, 0) is 10.0 Å². The molecule has 11 heteroatoms. The Balaban J connectivity index is 1.49. The third-order valence-corrected chi connectivity index (χ3v) is 6.34. The maximum atomic E-state index is 12.4. The number of nitrogens with one attached hydrogen (secondary N) is 1. The number of methoxy groups -OCH3 is 2. The van der Waals surface area contributed by atoms with Crippen LogP contribution in [0, 0.1) is 6.92 Å². The van der Waals surface area contributed by atoms with E-state index in [-0.39, 0.29) is 18.0 Å². The second kappa shape index (κ2) is 9.43. The topological polar surface area (TPSA) is 117 Å². The van der Waals surface area contributed by atoms with E-state index >= 15 is 0 Å². The Bertz CT molecular complexity index is 1370. The van der Waals surface area contributed by atoms with Crippen LogP contribution in [-0.4, -0.2) is 55.6 Å². The maximum absolute atomic E-state index is 12.4. The average molecular weight is 470 g/mol. The Morgan fingerprint density at radius 2 is 1.76 bits per heavy atom. The van der Waals surface area contributed by atoms with Crippen LogP contribution >= 0.6 is 0 Å². The van der Waals surface area contributed by atoms with Gasteiger partial charge < -0.3 is 14.2 Å². The summed E-state index contributed by atoms with van der Waals surface area (Å²) in [5.74, 6) is 1.96. The third kappa shape index (κ3) is 4.89. The number of fused-ring (bicyclic) bond motifs is 1. The lowest BCUT2D eigenvalue weighted by Gasteiger charge is -2.10. The molecule has 172 valence electrons. The summed E-state index contributed by atoms with van der Waals surface area (Å²) in [7, 11) is -0.478. The molecular formula is C22H23N5O5S. The molecule has 2 aromatic heterocycles. The minimum Gasteiger partial charge on any atom is -0.497 e. The Labute approximate surface area is 191 Å². The van der Waals surface area contributed by atoms with E-state index in [9.17, 15) is 8.42 Å². The molecule has 2 heterocycles. The molecule has 0 atom stereocenters. The Hall–Kier alpha value is -3.70. The molecule has 0 bridgehead atoms. The Morgan fingerprint density at radius 3 is 2.48 bits per heavy atom. The number of ether oxygens (including phenoxy) is 3. The summed E-state index contributed by atoms with van der Waals surface area (Å²) >= 11 is 0. The molecule has 0 aliphatic heterocycles. The normalized spacial score (nSPS) is 11.5. The molecular weight excluding hydrogens is 446 g/mol. The van der Waals surface area contributed by atoms with Gasteiger partial charge in [-0.3, -0.25) is 0 Å². The first kappa shape index (κ1) is 22.5. The minimum absolute atomic E-state index is 0.0780. The fourth-order valence-corrected chi connectivity index (χ4v) is 4.15. The van der Waals surface area contributed by atoms with Crippen LogP contribution in [0.4, 0.5) is 0 Å². The summed E-state index contributed by atoms with van der Waals surface area (Å²) < 4.78 is 45.2. The summed E-state index contributed by atoms with van der Waals surface area (Å²) in [6.07, 6.45) is 0. The average Bonchev–Trinajstić information content (AvgIpc) is 3.25. The molecule has 0 saturated carbocycles. The van der Waals surface area contributed by atoms with Gasteiger partial charge in [0, 0.05) is 12.6 Å². The second-order valence-corrected chi connectivity index (χ2v) is 8.86. The van der Waals surface area contributed by atoms with Gasteiger partial charge in [-0.25, -0.2) is 13.1 Å². The van der Waals surface area contributed by atoms with Gasteiger partial charge in [-0.2, -0.15) is 4.52 Å². The van der Waals surface area contributed by atoms with Crippen molar-refractivity contribution in [2.24, 2.45) is 0 Å². The molecule has 0 saturated heterocycles. The Morgan fingerprint density at radius 1 is 0.970 bits per heavy atom. The zero-order chi connectivity index (χ0) is 23.4. The molecule has 33 heavy (non-hydrogen) atoms. The molecule has 4 rings (SSSR count). The summed E-state index contributed by atoms with van der Waals surface area (Å²) in [4.78, 5) is 0.203. The van der Waals surface area contributed by atoms with E-state index in [2.05, 4.69) is 20.0 Å². The van der Waals surface area contributed by atoms with E-state index in [0.29, 0.717) is 34.4 Å². The minimum atomic E-state index is -3.62. The quantitative estimate of drug-likeness (QED) is 0.372. The fourth-order valence-electron chi connectivity index (χ4n) is 3.14. The van der Waals surface area contributed by atoms with Crippen molar-refractivity contribution >= 4 is 15.7 Å². The highest BCUT2D eigenvalue weighted by Gasteiger charge is 2.17. The first-order valence-corrected chi connectivity index (χ1v) is 11.5. The maximum Gasteiger partial charge on any atom is 0.240 e. The van der Waals surface area contributed by atoms with E-state index in [1.807, 2.05) is 6.92 Å². The summed E-state index contributed by atoms with van der Waals surface area (Å²) in [6.45, 7) is 2.06. The smallest absolute Gasteiger partial charge is 0.240 e. The lowest BCUT2D eigenvalue weighted by Crippen LogP contribution is -2.28. The first-order chi connectivity index (χ1) is 15.9. The van der Waals surface area contributed by atoms with Crippen molar-refractivity contribution in [3.63, 3.8) is 0 Å². The van der Waals surface area contributed by atoms with Gasteiger partial charge in [0.25, 0.3) is 0 Å². The van der Waals surface area contributed by atoms with Crippen molar-refractivity contribution in [3.8, 4) is 28.8 Å². The van der Waals surface area contributed by atoms with Crippen molar-refractivity contribution in [3.05, 3.63) is 60.2 Å². The van der Waals surface area contributed by atoms with Gasteiger partial charge in [-0.05, 0) is 43.3 Å². The number of aromatic nitrogens is 4. The van der Waals surface area contributed by atoms with Crippen LogP contribution in [0.15, 0.2) is 59.5 Å². The number of aryl methyl sites for hydroxylation is 1. The van der Waals surface area contributed by atoms with Crippen molar-refractivity contribution in [1.29, 1.82) is 0 Å². The van der Waals surface area contributed by atoms with Crippen LogP contribution in [0.3, 0.4) is 0 Å². The zero-order valence-corrected chi connectivity index (χ0v) is 19.2. The lowest BCUT2D eigenvalue weighted by molar-refractivity contribution is 0.306. The van der Waals surface area contributed by atoms with Crippen LogP contribution in [0.1, 0.15) is 5.56 Å². The number of hydrogen-bond acceptors (Lipinski definition) is 8. The molecule has 0 radical (unpaired) electrons. The van der Waals surface area contributed by atoms with E-state index in [1.165, 1.54) is 4.52 Å². The SMILES string of the molecule is COc1ccc(OC)c(-c2nnc3ccc(OCCNS(=O)(=O)c4ccc(C)cc4)nn23)c1. The van der Waals surface area contributed by atoms with Gasteiger partial charge >= 0.3 is 0 Å². The largest absolute Gasteiger partial charge is 0.497 e. The number of hydrogen-bond donors (Lipinski definition) is 1. The van der Waals surface area contributed by atoms with Gasteiger partial charge in [0.1, 0.15) is 18.1 Å². The Kier molecular flexibility index (Phi) is 6.43. The monoisotopic (exact) mass is 469 g/mol. The highest BCUT2D eigenvalue weighted by Crippen LogP contribution is 2.32. The molecule has 0 amide bonds. The van der Waals surface area contributed by atoms with E-state index in [1.54, 1.807) is 68.8 Å². The summed E-state index contributed by atoms with van der Waals surface area (Å²) in [6, 6.07) is 15.3. The van der Waals surface area contributed by atoms with E-state index in [0.717, 1.165) is 5.56 Å². The van der Waals surface area contributed by atoms with Crippen LogP contribution in [0.25, 0.3) is 17.0 Å². The zero-order valence-electron chi connectivity index (χ0n) is 18.3. The predicted molar refractivity (Wildman–Crippen MR) is 121 cm³/mol. The molecule has 0 unspecified atom stereocenters. The van der Waals surface area contributed by atoms with Crippen LogP contribution in [0.5, 0.6) is 17.4 Å². The summed E-state index contributed by atoms with van der Waals surface area (Å²) in [5.41, 5.74) is 2.15. The van der Waals surface area contributed by atoms with Gasteiger partial charge in [0.2, 0.25) is 15.9 Å². The standard InChI is InChI=1S/C22H23N5O5S/c1-15-4-7-17(8-5-15)33(28,29)23-12-13-32-21-11-10-20-24-25-22(27(20)26-21)18-14-16(30-2)6-9-19(18)31-3/h4-11,14,23H,12-13H2,1-3H3. The molecule has 10 nitrogen and oxygen atoms in total. The van der Waals surface area contributed by atoms with Gasteiger partial charge in [-0.15, -0.1) is 15.3 Å². The van der Waals surface area contributed by atoms with Crippen LogP contribution < -0.4 is 18.9 Å². The fraction of sp³-hybridized carbons (Fsp3) is 0.227. The predicted octanol–water partition coefficient (Wildman–Crippen LogP) is 2.47. The molecule has 0 spiro atoms. The molecule has 0 aliphatic carbocycles. The van der Waals surface area contributed by atoms with Crippen molar-refractivity contribution in [2.45, 2.75) is 11.8 Å². The summed E-state index contributed by atoms with van der Waals surface area (Å²) in [5, 5.41) is 12.8. The molecule has 1 N–H and O–H groups in total. The highest BCUT2D eigenvalue weighted by molar-refractivity contribution is 7.89. The number of benzene rings is 2. The third-order valence-electron chi connectivity index (χ3n) is 4.86. The number of sulfonamides is 1. The van der Waals surface area contributed by atoms with Crippen molar-refractivity contribution < 1.29 is 22.6 Å². The van der Waals surface area contributed by atoms with Gasteiger partial charge in [0.05, 0.1) is 24.7 Å².